The van der Waals surface area contributed by atoms with E-state index in [2.05, 4.69) is 242 Å². The lowest BCUT2D eigenvalue weighted by atomic mass is 10.0. The molecule has 0 spiro atoms. The molecule has 0 aliphatic carbocycles. The van der Waals surface area contributed by atoms with Gasteiger partial charge in [0.25, 0.3) is 0 Å². The van der Waals surface area contributed by atoms with E-state index in [0.717, 1.165) is 116 Å². The van der Waals surface area contributed by atoms with Crippen LogP contribution in [0.1, 0.15) is 0 Å². The number of benzene rings is 11. The van der Waals surface area contributed by atoms with Crippen molar-refractivity contribution >= 4 is 76.8 Å². The van der Waals surface area contributed by atoms with Crippen molar-refractivity contribution in [2.24, 2.45) is 0 Å². The predicted octanol–water partition coefficient (Wildman–Crippen LogP) is 18.7. The number of hydrogen-bond donors (Lipinski definition) is 0. The highest BCUT2D eigenvalue weighted by Gasteiger charge is 2.30. The van der Waals surface area contributed by atoms with Crippen LogP contribution >= 0.6 is 0 Å². The van der Waals surface area contributed by atoms with Crippen LogP contribution in [-0.4, -0.2) is 13.7 Å². The van der Waals surface area contributed by atoms with Gasteiger partial charge >= 0.3 is 0 Å². The topological polar surface area (TPSA) is 23.5 Å². The lowest BCUT2D eigenvalue weighted by Crippen LogP contribution is -2.10. The van der Waals surface area contributed by atoms with Gasteiger partial charge in [-0.3, -0.25) is 0 Å². The van der Waals surface area contributed by atoms with Gasteiger partial charge in [-0.15, -0.1) is 0 Å². The Morgan fingerprint density at radius 2 is 0.479 bits per heavy atom. The normalized spacial score (nSPS) is 11.5. The Balaban J connectivity index is 1.18. The van der Waals surface area contributed by atoms with Crippen molar-refractivity contribution < 1.29 is 0 Å². The van der Waals surface area contributed by atoms with Crippen molar-refractivity contribution in [2.45, 2.75) is 0 Å². The van der Waals surface area contributed by atoms with Crippen LogP contribution in [0.2, 0.25) is 0 Å². The minimum absolute atomic E-state index is 0.378. The van der Waals surface area contributed by atoms with Crippen molar-refractivity contribution in [3.8, 4) is 61.6 Å². The summed E-state index contributed by atoms with van der Waals surface area (Å²) in [6.45, 7) is 18.3. The maximum Gasteiger partial charge on any atom is 0.202 e. The minimum Gasteiger partial charge on any atom is -0.317 e. The summed E-state index contributed by atoms with van der Waals surface area (Å²) in [6, 6.07) is 87.7. The van der Waals surface area contributed by atoms with E-state index in [1.54, 1.807) is 0 Å². The second-order valence-electron chi connectivity index (χ2n) is 18.6. The van der Waals surface area contributed by atoms with Crippen LogP contribution in [0.25, 0.3) is 137 Å². The average Bonchev–Trinajstić information content (AvgIpc) is 4.10. The van der Waals surface area contributed by atoms with Crippen molar-refractivity contribution in [1.82, 2.24) is 13.7 Å². The number of para-hydroxylation sites is 2. The van der Waals surface area contributed by atoms with Crippen molar-refractivity contribution in [2.75, 3.05) is 0 Å². The molecule has 3 aromatic heterocycles. The monoisotopic (exact) mass is 927 g/mol. The van der Waals surface area contributed by atoms with Crippen molar-refractivity contribution in [3.63, 3.8) is 0 Å². The summed E-state index contributed by atoms with van der Waals surface area (Å²) < 4.78 is 6.92. The fourth-order valence-corrected chi connectivity index (χ4v) is 11.4. The molecule has 0 N–H and O–H groups in total. The van der Waals surface area contributed by atoms with E-state index in [0.29, 0.717) is 22.7 Å². The van der Waals surface area contributed by atoms with Gasteiger partial charge in [-0.2, -0.15) is 0 Å². The molecule has 0 unspecified atom stereocenters. The first-order valence-electron chi connectivity index (χ1n) is 24.5. The molecule has 0 aliphatic heterocycles. The molecule has 0 saturated heterocycles. The Kier molecular flexibility index (Phi) is 9.58. The van der Waals surface area contributed by atoms with E-state index in [1.807, 2.05) is 30.3 Å². The Morgan fingerprint density at radius 1 is 0.219 bits per heavy atom. The highest BCUT2D eigenvalue weighted by molar-refractivity contribution is 6.17. The Morgan fingerprint density at radius 3 is 0.781 bits per heavy atom. The van der Waals surface area contributed by atoms with E-state index in [1.165, 1.54) is 0 Å². The lowest BCUT2D eigenvalue weighted by Gasteiger charge is -2.25. The molecule has 0 amide bonds. The summed E-state index contributed by atoms with van der Waals surface area (Å²) >= 11 is 0. The summed E-state index contributed by atoms with van der Waals surface area (Å²) in [7, 11) is 0. The van der Waals surface area contributed by atoms with E-state index in [9.17, 15) is 0 Å². The van der Waals surface area contributed by atoms with E-state index in [-0.39, 0.29) is 0 Å². The van der Waals surface area contributed by atoms with Gasteiger partial charge in [-0.1, -0.05) is 182 Å². The van der Waals surface area contributed by atoms with Crippen LogP contribution in [0.15, 0.2) is 249 Å². The summed E-state index contributed by atoms with van der Waals surface area (Å²) in [6.07, 6.45) is 0. The Hall–Kier alpha value is -10.2. The maximum absolute atomic E-state index is 9.13. The number of nitrogens with zero attached hydrogens (tertiary/aromatic N) is 5. The summed E-state index contributed by atoms with van der Waals surface area (Å²) in [5.74, 6) is 0. The number of hydrogen-bond acceptors (Lipinski definition) is 0. The molecule has 0 saturated carbocycles. The predicted molar refractivity (Wildman–Crippen MR) is 304 cm³/mol. The van der Waals surface area contributed by atoms with Gasteiger partial charge < -0.3 is 13.7 Å². The third-order valence-corrected chi connectivity index (χ3v) is 14.7. The summed E-state index contributed by atoms with van der Waals surface area (Å²) in [5, 5.41) is 6.41. The zero-order valence-electron chi connectivity index (χ0n) is 39.4. The third-order valence-electron chi connectivity index (χ3n) is 14.7. The largest absolute Gasteiger partial charge is 0.317 e. The quantitative estimate of drug-likeness (QED) is 0.142. The van der Waals surface area contributed by atoms with Gasteiger partial charge in [-0.05, 0) is 111 Å². The molecule has 0 bridgehead atoms. The molecule has 11 aromatic carbocycles. The van der Waals surface area contributed by atoms with Gasteiger partial charge in [0.05, 0.1) is 63.3 Å². The molecule has 0 fully saturated rings. The Bertz CT molecular complexity index is 4120. The zero-order chi connectivity index (χ0) is 48.6. The second kappa shape index (κ2) is 16.7. The van der Waals surface area contributed by atoms with Gasteiger partial charge in [0, 0.05) is 32.3 Å². The van der Waals surface area contributed by atoms with Crippen LogP contribution in [0.4, 0.5) is 11.4 Å². The number of fused-ring (bicyclic) bond motifs is 9. The maximum atomic E-state index is 9.13. The molecular weight excluding hydrogens is 887 g/mol. The van der Waals surface area contributed by atoms with Gasteiger partial charge in [0.15, 0.2) is 0 Å². The molecule has 338 valence electrons. The minimum atomic E-state index is 0.378. The fourth-order valence-electron chi connectivity index (χ4n) is 11.4. The molecule has 0 atom stereocenters. The third kappa shape index (κ3) is 6.54. The van der Waals surface area contributed by atoms with Crippen molar-refractivity contribution in [3.05, 3.63) is 272 Å². The molecule has 3 heterocycles. The van der Waals surface area contributed by atoms with Crippen LogP contribution in [0.5, 0.6) is 0 Å². The van der Waals surface area contributed by atoms with Gasteiger partial charge in [0.2, 0.25) is 11.4 Å². The second-order valence-corrected chi connectivity index (χ2v) is 18.6. The summed E-state index contributed by atoms with van der Waals surface area (Å²) in [5.41, 5.74) is 17.6. The van der Waals surface area contributed by atoms with Gasteiger partial charge in [0.1, 0.15) is 0 Å². The highest BCUT2D eigenvalue weighted by atomic mass is 15.1. The van der Waals surface area contributed by atoms with Crippen molar-refractivity contribution in [1.29, 1.82) is 0 Å². The number of rotatable bonds is 7. The molecule has 14 rings (SSSR count). The highest BCUT2D eigenvalue weighted by Crippen LogP contribution is 2.50. The first-order chi connectivity index (χ1) is 36.1. The van der Waals surface area contributed by atoms with Crippen LogP contribution < -0.4 is 0 Å². The summed E-state index contributed by atoms with van der Waals surface area (Å²) in [4.78, 5) is 8.82. The fraction of sp³-hybridized carbons (Fsp3) is 0. The molecule has 0 aliphatic rings. The lowest BCUT2D eigenvalue weighted by molar-refractivity contribution is 1.06. The first kappa shape index (κ1) is 41.7. The molecule has 5 nitrogen and oxygen atoms in total. The Labute approximate surface area is 421 Å². The van der Waals surface area contributed by atoms with Crippen LogP contribution in [0, 0.1) is 13.1 Å². The zero-order valence-corrected chi connectivity index (χ0v) is 39.4. The molecule has 14 aromatic rings. The molecule has 73 heavy (non-hydrogen) atoms. The molecule has 0 radical (unpaired) electrons. The van der Waals surface area contributed by atoms with E-state index >= 15 is 0 Å². The van der Waals surface area contributed by atoms with Crippen LogP contribution in [-0.2, 0) is 0 Å². The smallest absolute Gasteiger partial charge is 0.202 e. The standard InChI is InChI=1S/C68H41N5/c1-69-58-43-59(70-2)67(72-64-37-33-50(46-23-11-5-12-24-46)41-56(64)57-42-51(34-38-65(57)72)47-25-13-6-14-26-47)68(73-60-29-17-15-27-52(60)53-28-16-18-30-61(53)73)66(58)71-62-35-31-48(44-19-7-3-8-20-44)39-54(62)55-40-49(32-36-63(55)71)45-21-9-4-10-22-45/h3-43H. The SMILES string of the molecule is [C-]#[N+]c1cc([N+]#[C-])c(-n2c3ccc(-c4ccccc4)cc3c3cc(-c4ccccc4)ccc32)c(-n2c3ccccc3c3ccccc32)c1-n1c2ccc(-c3ccccc3)cc2c2cc(-c3ccccc3)ccc21. The molecular formula is C68H41N5. The van der Waals surface area contributed by atoms with Gasteiger partial charge in [-0.25, -0.2) is 9.69 Å². The van der Waals surface area contributed by atoms with E-state index in [4.69, 9.17) is 13.1 Å². The first-order valence-corrected chi connectivity index (χ1v) is 24.5. The molecule has 5 heteroatoms. The number of aromatic nitrogens is 3. The van der Waals surface area contributed by atoms with E-state index < -0.39 is 0 Å². The average molecular weight is 928 g/mol. The van der Waals surface area contributed by atoms with Crippen LogP contribution in [0.3, 0.4) is 0 Å².